The van der Waals surface area contributed by atoms with Crippen LogP contribution in [-0.4, -0.2) is 84.8 Å². The average molecular weight is 584 g/mol. The highest BCUT2D eigenvalue weighted by molar-refractivity contribution is 6.36. The van der Waals surface area contributed by atoms with E-state index >= 15 is 0 Å². The predicted molar refractivity (Wildman–Crippen MR) is 168 cm³/mol. The number of rotatable bonds is 7. The number of nitriles is 1. The van der Waals surface area contributed by atoms with E-state index in [1.807, 2.05) is 19.1 Å². The van der Waals surface area contributed by atoms with Crippen LogP contribution in [0.25, 0.3) is 10.8 Å². The van der Waals surface area contributed by atoms with Crippen molar-refractivity contribution in [3.63, 3.8) is 0 Å². The molecule has 42 heavy (non-hydrogen) atoms. The van der Waals surface area contributed by atoms with Crippen LogP contribution in [0.2, 0.25) is 5.02 Å². The lowest BCUT2D eigenvalue weighted by Crippen LogP contribution is -2.53. The number of nitrogens with zero attached hydrogens (tertiary/aromatic N) is 7. The van der Waals surface area contributed by atoms with Gasteiger partial charge in [0.05, 0.1) is 36.3 Å². The lowest BCUT2D eigenvalue weighted by Gasteiger charge is -2.42. The quantitative estimate of drug-likeness (QED) is 0.369. The van der Waals surface area contributed by atoms with Gasteiger partial charge < -0.3 is 19.4 Å². The van der Waals surface area contributed by atoms with E-state index in [0.29, 0.717) is 38.2 Å². The van der Waals surface area contributed by atoms with Gasteiger partial charge in [0, 0.05) is 54.9 Å². The molecule has 218 valence electrons. The smallest absolute Gasteiger partial charge is 0.318 e. The molecule has 0 amide bonds. The third-order valence-corrected chi connectivity index (χ3v) is 9.28. The molecule has 4 heterocycles. The molecule has 0 bridgehead atoms. The van der Waals surface area contributed by atoms with Gasteiger partial charge in [-0.2, -0.15) is 15.2 Å². The average Bonchev–Trinajstić information content (AvgIpc) is 3.43. The minimum absolute atomic E-state index is 0.102. The summed E-state index contributed by atoms with van der Waals surface area (Å²) in [6.45, 7) is 8.12. The highest BCUT2D eigenvalue weighted by atomic mass is 35.5. The highest BCUT2D eigenvalue weighted by Gasteiger charge is 2.32. The minimum atomic E-state index is 0.102. The fourth-order valence-electron chi connectivity index (χ4n) is 6.59. The number of halogens is 1. The van der Waals surface area contributed by atoms with Crippen molar-refractivity contribution in [2.24, 2.45) is 0 Å². The maximum absolute atomic E-state index is 9.59. The Hall–Kier alpha value is -3.56. The molecule has 2 atom stereocenters. The van der Waals surface area contributed by atoms with Gasteiger partial charge in [-0.25, -0.2) is 0 Å². The van der Waals surface area contributed by atoms with Gasteiger partial charge in [-0.1, -0.05) is 41.8 Å². The van der Waals surface area contributed by atoms with Gasteiger partial charge in [0.2, 0.25) is 0 Å². The summed E-state index contributed by atoms with van der Waals surface area (Å²) in [6.07, 6.45) is 3.60. The monoisotopic (exact) mass is 583 g/mol. The number of ether oxygens (including phenoxy) is 1. The Balaban J connectivity index is 1.33. The zero-order valence-electron chi connectivity index (χ0n) is 24.5. The highest BCUT2D eigenvalue weighted by Crippen LogP contribution is 2.37. The molecule has 0 spiro atoms. The molecule has 8 nitrogen and oxygen atoms in total. The SMILES string of the molecule is CC#CCN1CCN(c2nc(OC[C@@H]3CCCN3C)nc3c2CCN(c2cccc4cccc(Cl)c24)C3)C[C@@H]1CC#N. The predicted octanol–water partition coefficient (Wildman–Crippen LogP) is 4.75. The molecule has 3 aliphatic rings. The maximum Gasteiger partial charge on any atom is 0.318 e. The Bertz CT molecular complexity index is 1540. The molecule has 0 unspecified atom stereocenters. The molecule has 0 radical (unpaired) electrons. The summed E-state index contributed by atoms with van der Waals surface area (Å²) in [5.74, 6) is 7.14. The second kappa shape index (κ2) is 12.8. The van der Waals surface area contributed by atoms with Gasteiger partial charge in [0.1, 0.15) is 12.4 Å². The third kappa shape index (κ3) is 5.85. The Morgan fingerprint density at radius 1 is 1.05 bits per heavy atom. The fourth-order valence-corrected chi connectivity index (χ4v) is 6.87. The van der Waals surface area contributed by atoms with Crippen LogP contribution in [0, 0.1) is 23.2 Å². The molecule has 3 aliphatic heterocycles. The number of hydrogen-bond acceptors (Lipinski definition) is 8. The molecule has 0 saturated carbocycles. The largest absolute Gasteiger partial charge is 0.462 e. The first-order valence-corrected chi connectivity index (χ1v) is 15.3. The minimum Gasteiger partial charge on any atom is -0.462 e. The van der Waals surface area contributed by atoms with E-state index in [4.69, 9.17) is 26.3 Å². The van der Waals surface area contributed by atoms with Crippen molar-refractivity contribution in [1.82, 2.24) is 19.8 Å². The number of aromatic nitrogens is 2. The van der Waals surface area contributed by atoms with E-state index in [2.05, 4.69) is 68.8 Å². The van der Waals surface area contributed by atoms with Gasteiger partial charge in [0.25, 0.3) is 0 Å². The van der Waals surface area contributed by atoms with E-state index in [1.165, 1.54) is 12.0 Å². The van der Waals surface area contributed by atoms with Crippen molar-refractivity contribution < 1.29 is 4.74 Å². The molecule has 3 aromatic rings. The van der Waals surface area contributed by atoms with Crippen molar-refractivity contribution in [3.05, 3.63) is 52.7 Å². The zero-order chi connectivity index (χ0) is 29.1. The molecule has 0 N–H and O–H groups in total. The number of likely N-dealkylation sites (tertiary alicyclic amines) is 1. The number of likely N-dealkylation sites (N-methyl/N-ethyl adjacent to an activating group) is 1. The van der Waals surface area contributed by atoms with E-state index < -0.39 is 0 Å². The molecule has 2 fully saturated rings. The lowest BCUT2D eigenvalue weighted by molar-refractivity contribution is 0.186. The number of fused-ring (bicyclic) bond motifs is 2. The Morgan fingerprint density at radius 2 is 1.90 bits per heavy atom. The van der Waals surface area contributed by atoms with E-state index in [-0.39, 0.29) is 6.04 Å². The van der Waals surface area contributed by atoms with Crippen LogP contribution in [0.1, 0.15) is 37.4 Å². The van der Waals surface area contributed by atoms with Crippen LogP contribution in [0.5, 0.6) is 6.01 Å². The van der Waals surface area contributed by atoms with Crippen molar-refractivity contribution in [1.29, 1.82) is 5.26 Å². The first kappa shape index (κ1) is 28.6. The summed E-state index contributed by atoms with van der Waals surface area (Å²) in [5, 5.41) is 12.6. The van der Waals surface area contributed by atoms with Gasteiger partial charge in [-0.05, 0) is 57.3 Å². The summed E-state index contributed by atoms with van der Waals surface area (Å²) in [4.78, 5) is 19.5. The molecule has 9 heteroatoms. The van der Waals surface area contributed by atoms with Gasteiger partial charge in [-0.3, -0.25) is 4.90 Å². The number of benzene rings is 2. The topological polar surface area (TPSA) is 71.8 Å². The summed E-state index contributed by atoms with van der Waals surface area (Å²) in [5.41, 5.74) is 3.31. The Kier molecular flexibility index (Phi) is 8.67. The van der Waals surface area contributed by atoms with Gasteiger partial charge in [-0.15, -0.1) is 5.92 Å². The van der Waals surface area contributed by atoms with Crippen LogP contribution in [0.15, 0.2) is 36.4 Å². The lowest BCUT2D eigenvalue weighted by atomic mass is 10.0. The second-order valence-corrected chi connectivity index (χ2v) is 11.9. The van der Waals surface area contributed by atoms with Crippen molar-refractivity contribution in [2.75, 3.05) is 62.7 Å². The molecular formula is C33H38ClN7O. The Morgan fingerprint density at radius 3 is 2.69 bits per heavy atom. The summed E-state index contributed by atoms with van der Waals surface area (Å²) < 4.78 is 6.33. The van der Waals surface area contributed by atoms with Crippen molar-refractivity contribution in [3.8, 4) is 23.9 Å². The zero-order valence-corrected chi connectivity index (χ0v) is 25.3. The van der Waals surface area contributed by atoms with Crippen LogP contribution >= 0.6 is 11.6 Å². The van der Waals surface area contributed by atoms with Crippen LogP contribution in [-0.2, 0) is 13.0 Å². The summed E-state index contributed by atoms with van der Waals surface area (Å²) in [7, 11) is 2.16. The third-order valence-electron chi connectivity index (χ3n) is 8.96. The first-order chi connectivity index (χ1) is 20.6. The van der Waals surface area contributed by atoms with Crippen molar-refractivity contribution >= 4 is 33.9 Å². The van der Waals surface area contributed by atoms with E-state index in [0.717, 1.165) is 78.6 Å². The van der Waals surface area contributed by atoms with Crippen LogP contribution in [0.4, 0.5) is 11.5 Å². The second-order valence-electron chi connectivity index (χ2n) is 11.5. The van der Waals surface area contributed by atoms with E-state index in [1.54, 1.807) is 0 Å². The van der Waals surface area contributed by atoms with Crippen LogP contribution < -0.4 is 14.5 Å². The molecule has 0 aliphatic carbocycles. The fraction of sp³-hybridized carbons (Fsp3) is 0.485. The van der Waals surface area contributed by atoms with Gasteiger partial charge in [0.15, 0.2) is 0 Å². The summed E-state index contributed by atoms with van der Waals surface area (Å²) >= 11 is 6.71. The molecule has 6 rings (SSSR count). The molecule has 1 aromatic heterocycles. The first-order valence-electron chi connectivity index (χ1n) is 15.0. The number of piperazine rings is 1. The maximum atomic E-state index is 9.59. The normalized spacial score (nSPS) is 21.1. The van der Waals surface area contributed by atoms with Crippen LogP contribution in [0.3, 0.4) is 0 Å². The molecular weight excluding hydrogens is 546 g/mol. The standard InChI is InChI=1S/C33H38ClN7O/c1-3-4-17-39-19-20-41(21-25(39)13-15-35)32-27-14-18-40(30-12-6-9-24-8-5-11-28(34)31(24)30)22-29(27)36-33(37-32)42-23-26-10-7-16-38(26)2/h5-6,8-9,11-12,25-26H,7,10,13-14,16-23H2,1-2H3/t25-,26-/m0/s1. The van der Waals surface area contributed by atoms with Crippen molar-refractivity contribution in [2.45, 2.75) is 51.2 Å². The Labute approximate surface area is 253 Å². The number of hydrogen-bond donors (Lipinski definition) is 0. The van der Waals surface area contributed by atoms with Gasteiger partial charge >= 0.3 is 6.01 Å². The molecule has 2 saturated heterocycles. The number of anilines is 2. The van der Waals surface area contributed by atoms with E-state index in [9.17, 15) is 5.26 Å². The molecule has 2 aromatic carbocycles. The summed E-state index contributed by atoms with van der Waals surface area (Å²) in [6, 6.07) is 15.7.